The smallest absolute Gasteiger partial charge is 0.409 e. The topological polar surface area (TPSA) is 66.0 Å². The molecule has 1 aromatic rings. The lowest BCUT2D eigenvalue weighted by Crippen LogP contribution is -2.49. The highest BCUT2D eigenvalue weighted by atomic mass is 127. The average Bonchev–Trinajstić information content (AvgIpc) is 2.66. The molecule has 2 N–H and O–H groups in total. The van der Waals surface area contributed by atoms with E-state index < -0.39 is 0 Å². The minimum absolute atomic E-state index is 0. The zero-order valence-corrected chi connectivity index (χ0v) is 20.1. The van der Waals surface area contributed by atoms with Crippen molar-refractivity contribution in [1.29, 1.82) is 0 Å². The molecule has 7 heteroatoms. The largest absolute Gasteiger partial charge is 0.453 e. The first-order valence-electron chi connectivity index (χ1n) is 9.80. The Balaban J connectivity index is 0.00000392. The van der Waals surface area contributed by atoms with Crippen LogP contribution in [0.25, 0.3) is 0 Å². The number of nitrogens with one attached hydrogen (secondary N) is 2. The highest BCUT2D eigenvalue weighted by molar-refractivity contribution is 14.0. The summed E-state index contributed by atoms with van der Waals surface area (Å²) in [5.41, 5.74) is 2.69. The van der Waals surface area contributed by atoms with E-state index in [4.69, 9.17) is 9.73 Å². The Bertz CT molecular complexity index is 633. The Labute approximate surface area is 186 Å². The molecule has 6 nitrogen and oxygen atoms in total. The van der Waals surface area contributed by atoms with Crippen molar-refractivity contribution < 1.29 is 9.53 Å². The Morgan fingerprint density at radius 3 is 2.32 bits per heavy atom. The van der Waals surface area contributed by atoms with Gasteiger partial charge in [0.15, 0.2) is 5.96 Å². The van der Waals surface area contributed by atoms with Gasteiger partial charge in [-0.2, -0.15) is 0 Å². The molecular formula is C21H35IN4O2. The van der Waals surface area contributed by atoms with Gasteiger partial charge in [-0.3, -0.25) is 0 Å². The molecule has 0 spiro atoms. The predicted octanol–water partition coefficient (Wildman–Crippen LogP) is 3.89. The Morgan fingerprint density at radius 2 is 1.82 bits per heavy atom. The molecule has 2 rings (SSSR count). The first kappa shape index (κ1) is 24.5. The molecular weight excluding hydrogens is 467 g/mol. The lowest BCUT2D eigenvalue weighted by molar-refractivity contribution is 0.111. The monoisotopic (exact) mass is 502 g/mol. The number of rotatable bonds is 4. The number of aliphatic imine (C=N–C) groups is 1. The third-order valence-electron chi connectivity index (χ3n) is 4.85. The summed E-state index contributed by atoms with van der Waals surface area (Å²) in [6.07, 6.45) is 1.53. The van der Waals surface area contributed by atoms with Gasteiger partial charge in [0.25, 0.3) is 0 Å². The third kappa shape index (κ3) is 7.48. The number of halogens is 1. The number of likely N-dealkylation sites (tertiary alicyclic amines) is 1. The van der Waals surface area contributed by atoms with Gasteiger partial charge in [-0.15, -0.1) is 24.0 Å². The van der Waals surface area contributed by atoms with E-state index in [0.29, 0.717) is 25.7 Å². The second-order valence-electron chi connectivity index (χ2n) is 8.02. The molecule has 0 atom stereocenters. The minimum atomic E-state index is -0.243. The molecule has 0 bridgehead atoms. The fourth-order valence-electron chi connectivity index (χ4n) is 3.13. The van der Waals surface area contributed by atoms with Crippen LogP contribution in [0.15, 0.2) is 29.3 Å². The van der Waals surface area contributed by atoms with Gasteiger partial charge in [-0.05, 0) is 36.3 Å². The highest BCUT2D eigenvalue weighted by Gasteiger charge is 2.23. The Kier molecular flexibility index (Phi) is 10.1. The van der Waals surface area contributed by atoms with Crippen LogP contribution >= 0.6 is 24.0 Å². The number of guanidine groups is 1. The molecule has 1 saturated heterocycles. The van der Waals surface area contributed by atoms with Gasteiger partial charge in [0.05, 0.1) is 13.7 Å². The molecule has 1 heterocycles. The second-order valence-corrected chi connectivity index (χ2v) is 8.02. The minimum Gasteiger partial charge on any atom is -0.453 e. The van der Waals surface area contributed by atoms with E-state index in [0.717, 1.165) is 25.3 Å². The van der Waals surface area contributed by atoms with Crippen molar-refractivity contribution in [3.63, 3.8) is 0 Å². The molecule has 28 heavy (non-hydrogen) atoms. The van der Waals surface area contributed by atoms with E-state index in [1.54, 1.807) is 4.90 Å². The van der Waals surface area contributed by atoms with Crippen molar-refractivity contribution in [2.45, 2.75) is 58.5 Å². The summed E-state index contributed by atoms with van der Waals surface area (Å²) in [7, 11) is 1.43. The normalized spacial score (nSPS) is 15.6. The number of methoxy groups -OCH3 is 1. The number of carbonyl (C=O) groups excluding carboxylic acids is 1. The summed E-state index contributed by atoms with van der Waals surface area (Å²) < 4.78 is 4.79. The van der Waals surface area contributed by atoms with E-state index >= 15 is 0 Å². The van der Waals surface area contributed by atoms with Gasteiger partial charge in [0, 0.05) is 25.7 Å². The van der Waals surface area contributed by atoms with E-state index in [-0.39, 0.29) is 35.5 Å². The van der Waals surface area contributed by atoms with Crippen molar-refractivity contribution >= 4 is 36.0 Å². The molecule has 0 unspecified atom stereocenters. The standard InChI is InChI=1S/C21H34N4O2.HI/c1-6-22-19(24-18-11-13-25(14-12-18)20(26)27-5)23-15-16-7-9-17(10-8-16)21(2,3)4;/h7-10,18H,6,11-15H2,1-5H3,(H2,22,23,24);1H. The van der Waals surface area contributed by atoms with Gasteiger partial charge < -0.3 is 20.3 Å². The number of hydrogen-bond donors (Lipinski definition) is 2. The molecule has 1 amide bonds. The van der Waals surface area contributed by atoms with Crippen molar-refractivity contribution in [2.75, 3.05) is 26.7 Å². The number of ether oxygens (including phenoxy) is 1. The van der Waals surface area contributed by atoms with Crippen molar-refractivity contribution in [3.05, 3.63) is 35.4 Å². The van der Waals surface area contributed by atoms with Crippen molar-refractivity contribution in [3.8, 4) is 0 Å². The number of nitrogens with zero attached hydrogens (tertiary/aromatic N) is 2. The van der Waals surface area contributed by atoms with Crippen LogP contribution in [-0.2, 0) is 16.7 Å². The van der Waals surface area contributed by atoms with Gasteiger partial charge in [0.1, 0.15) is 0 Å². The number of piperidine rings is 1. The van der Waals surface area contributed by atoms with Crippen LogP contribution in [0.5, 0.6) is 0 Å². The van der Waals surface area contributed by atoms with Crippen LogP contribution in [0, 0.1) is 0 Å². The first-order valence-corrected chi connectivity index (χ1v) is 9.80. The van der Waals surface area contributed by atoms with Gasteiger partial charge >= 0.3 is 6.09 Å². The highest BCUT2D eigenvalue weighted by Crippen LogP contribution is 2.22. The molecule has 1 fully saturated rings. The van der Waals surface area contributed by atoms with Crippen LogP contribution in [0.3, 0.4) is 0 Å². The summed E-state index contributed by atoms with van der Waals surface area (Å²) in [5, 5.41) is 6.81. The van der Waals surface area contributed by atoms with Crippen LogP contribution < -0.4 is 10.6 Å². The third-order valence-corrected chi connectivity index (χ3v) is 4.85. The van der Waals surface area contributed by atoms with Crippen LogP contribution in [-0.4, -0.2) is 49.7 Å². The quantitative estimate of drug-likeness (QED) is 0.373. The molecule has 0 aromatic heterocycles. The fraction of sp³-hybridized carbons (Fsp3) is 0.619. The summed E-state index contributed by atoms with van der Waals surface area (Å²) in [5.74, 6) is 0.828. The zero-order valence-electron chi connectivity index (χ0n) is 17.7. The second kappa shape index (κ2) is 11.5. The maximum atomic E-state index is 11.6. The maximum absolute atomic E-state index is 11.6. The molecule has 158 valence electrons. The molecule has 1 aliphatic rings. The maximum Gasteiger partial charge on any atom is 0.409 e. The van der Waals surface area contributed by atoms with Gasteiger partial charge in [-0.25, -0.2) is 9.79 Å². The molecule has 1 aliphatic heterocycles. The van der Waals surface area contributed by atoms with Crippen LogP contribution in [0.4, 0.5) is 4.79 Å². The number of benzene rings is 1. The fourth-order valence-corrected chi connectivity index (χ4v) is 3.13. The SMILES string of the molecule is CCNC(=NCc1ccc(C(C)(C)C)cc1)NC1CCN(C(=O)OC)CC1.I. The lowest BCUT2D eigenvalue weighted by atomic mass is 9.87. The predicted molar refractivity (Wildman–Crippen MR) is 126 cm³/mol. The van der Waals surface area contributed by atoms with Crippen LogP contribution in [0.2, 0.25) is 0 Å². The number of amides is 1. The van der Waals surface area contributed by atoms with Gasteiger partial charge in [0.2, 0.25) is 0 Å². The summed E-state index contributed by atoms with van der Waals surface area (Å²) in [4.78, 5) is 18.1. The van der Waals surface area contributed by atoms with E-state index in [1.165, 1.54) is 18.2 Å². The van der Waals surface area contributed by atoms with Crippen molar-refractivity contribution in [1.82, 2.24) is 15.5 Å². The Hall–Kier alpha value is -1.51. The van der Waals surface area contributed by atoms with Crippen molar-refractivity contribution in [2.24, 2.45) is 4.99 Å². The molecule has 0 aliphatic carbocycles. The molecule has 0 saturated carbocycles. The molecule has 1 aromatic carbocycles. The average molecular weight is 502 g/mol. The summed E-state index contributed by atoms with van der Waals surface area (Å²) >= 11 is 0. The summed E-state index contributed by atoms with van der Waals surface area (Å²) in [6, 6.07) is 9.00. The van der Waals surface area contributed by atoms with E-state index in [1.807, 2.05) is 0 Å². The Morgan fingerprint density at radius 1 is 1.21 bits per heavy atom. The number of hydrogen-bond acceptors (Lipinski definition) is 3. The first-order chi connectivity index (χ1) is 12.8. The number of carbonyl (C=O) groups is 1. The zero-order chi connectivity index (χ0) is 19.9. The molecule has 0 radical (unpaired) electrons. The van der Waals surface area contributed by atoms with E-state index in [9.17, 15) is 4.79 Å². The summed E-state index contributed by atoms with van der Waals surface area (Å²) in [6.45, 7) is 11.6. The van der Waals surface area contributed by atoms with Gasteiger partial charge in [-0.1, -0.05) is 45.0 Å². The lowest BCUT2D eigenvalue weighted by Gasteiger charge is -2.32. The van der Waals surface area contributed by atoms with Crippen LogP contribution in [0.1, 0.15) is 51.7 Å². The van der Waals surface area contributed by atoms with E-state index in [2.05, 4.69) is 62.6 Å².